The SMILES string of the molecule is CCCCCCCC(=O)NCCC(=O)N[C@@H](CCCCN)C(=O)N(C)[C@@H]1C(=O)N[C@@H](N)C(=O)N[C@H](C(=O)N[C@@H](C)C(N)=O)Cc2ccc(O)c(c2)-c2cc1ccc2O. The van der Waals surface area contributed by atoms with Crippen molar-refractivity contribution < 1.29 is 43.8 Å². The lowest BCUT2D eigenvalue weighted by molar-refractivity contribution is -0.143. The molecule has 13 N–H and O–H groups in total. The largest absolute Gasteiger partial charge is 0.507 e. The number of benzene rings is 2. The maximum atomic E-state index is 14.3. The summed E-state index contributed by atoms with van der Waals surface area (Å²) in [5.74, 6) is -5.46. The minimum Gasteiger partial charge on any atom is -0.507 e. The number of phenolic OH excluding ortho intramolecular Hbond substituents is 2. The van der Waals surface area contributed by atoms with Crippen molar-refractivity contribution in [2.75, 3.05) is 20.1 Å². The van der Waals surface area contributed by atoms with Gasteiger partial charge in [0.25, 0.3) is 5.91 Å². The van der Waals surface area contributed by atoms with Gasteiger partial charge in [0.1, 0.15) is 35.7 Å². The summed E-state index contributed by atoms with van der Waals surface area (Å²) in [7, 11) is 1.33. The molecule has 1 heterocycles. The zero-order chi connectivity index (χ0) is 42.9. The molecule has 0 aliphatic carbocycles. The Morgan fingerprint density at radius 1 is 0.862 bits per heavy atom. The summed E-state index contributed by atoms with van der Waals surface area (Å²) in [4.78, 5) is 93.3. The van der Waals surface area contributed by atoms with Crippen LogP contribution < -0.4 is 43.8 Å². The first-order valence-corrected chi connectivity index (χ1v) is 19.7. The molecule has 2 aromatic rings. The van der Waals surface area contributed by atoms with Gasteiger partial charge in [0.2, 0.25) is 35.4 Å². The van der Waals surface area contributed by atoms with Gasteiger partial charge in [-0.15, -0.1) is 0 Å². The number of aromatic hydroxyl groups is 2. The third-order valence-corrected chi connectivity index (χ3v) is 9.87. The molecule has 2 aromatic carbocycles. The van der Waals surface area contributed by atoms with Crippen molar-refractivity contribution in [1.82, 2.24) is 31.5 Å². The van der Waals surface area contributed by atoms with Crippen molar-refractivity contribution in [3.05, 3.63) is 47.5 Å². The van der Waals surface area contributed by atoms with E-state index in [1.165, 1.54) is 50.4 Å². The summed E-state index contributed by atoms with van der Waals surface area (Å²) in [6, 6.07) is 3.26. The molecule has 0 aromatic heterocycles. The minimum absolute atomic E-state index is 0.0567. The third-order valence-electron chi connectivity index (χ3n) is 9.87. The number of carbonyl (C=O) groups is 7. The molecule has 1 aliphatic rings. The van der Waals surface area contributed by atoms with Gasteiger partial charge in [-0.3, -0.25) is 33.6 Å². The highest BCUT2D eigenvalue weighted by Gasteiger charge is 2.36. The van der Waals surface area contributed by atoms with Crippen molar-refractivity contribution in [1.29, 1.82) is 0 Å². The fourth-order valence-electron chi connectivity index (χ4n) is 6.49. The molecule has 0 unspecified atom stereocenters. The molecule has 0 fully saturated rings. The number of nitrogens with zero attached hydrogens (tertiary/aromatic N) is 1. The Kier molecular flexibility index (Phi) is 18.4. The van der Waals surface area contributed by atoms with E-state index in [0.29, 0.717) is 31.4 Å². The number of hydrogen-bond acceptors (Lipinski definition) is 11. The quantitative estimate of drug-likeness (QED) is 0.0854. The summed E-state index contributed by atoms with van der Waals surface area (Å²) in [6.45, 7) is 3.85. The van der Waals surface area contributed by atoms with Gasteiger partial charge in [0.05, 0.1) is 0 Å². The molecular weight excluding hydrogens is 750 g/mol. The van der Waals surface area contributed by atoms with Crippen LogP contribution in [0.3, 0.4) is 0 Å². The predicted octanol–water partition coefficient (Wildman–Crippen LogP) is 0.177. The van der Waals surface area contributed by atoms with E-state index < -0.39 is 65.8 Å². The Morgan fingerprint density at radius 2 is 1.53 bits per heavy atom. The molecule has 1 aliphatic heterocycles. The normalized spacial score (nSPS) is 17.7. The van der Waals surface area contributed by atoms with Crippen molar-refractivity contribution in [3.63, 3.8) is 0 Å². The maximum Gasteiger partial charge on any atom is 0.258 e. The van der Waals surface area contributed by atoms with Crippen LogP contribution >= 0.6 is 0 Å². The molecule has 0 saturated heterocycles. The molecule has 0 saturated carbocycles. The first-order chi connectivity index (χ1) is 27.6. The number of amides is 7. The van der Waals surface area contributed by atoms with Gasteiger partial charge in [-0.25, -0.2) is 0 Å². The summed E-state index contributed by atoms with van der Waals surface area (Å²) in [6.07, 6.45) is 4.42. The number of primary amides is 1. The number of fused-ring (bicyclic) bond motifs is 5. The summed E-state index contributed by atoms with van der Waals surface area (Å²) >= 11 is 0. The van der Waals surface area contributed by atoms with Gasteiger partial charge in [0, 0.05) is 44.0 Å². The van der Waals surface area contributed by atoms with Crippen LogP contribution in [0.2, 0.25) is 0 Å². The Balaban J connectivity index is 1.95. The van der Waals surface area contributed by atoms with Crippen LogP contribution in [-0.2, 0) is 40.0 Å². The molecule has 18 heteroatoms. The lowest BCUT2D eigenvalue weighted by atomic mass is 9.93. The van der Waals surface area contributed by atoms with Crippen LogP contribution in [0.15, 0.2) is 36.4 Å². The molecule has 5 atom stereocenters. The number of nitrogens with one attached hydrogen (secondary N) is 5. The second kappa shape index (κ2) is 22.9. The van der Waals surface area contributed by atoms with Crippen LogP contribution in [0.5, 0.6) is 11.5 Å². The number of rotatable bonds is 19. The smallest absolute Gasteiger partial charge is 0.258 e. The van der Waals surface area contributed by atoms with E-state index in [2.05, 4.69) is 33.5 Å². The summed E-state index contributed by atoms with van der Waals surface area (Å²) < 4.78 is 0. The van der Waals surface area contributed by atoms with E-state index in [1.54, 1.807) is 0 Å². The van der Waals surface area contributed by atoms with Gasteiger partial charge in [0.15, 0.2) is 6.17 Å². The molecule has 7 amide bonds. The highest BCUT2D eigenvalue weighted by molar-refractivity contribution is 5.97. The standard InChI is InChI=1S/C40H59N9O9/c1-4-5-6-7-8-12-32(52)44-19-17-33(53)46-28(11-9-10-18-41)40(58)49(3)34-25-14-16-31(51)27(22-25)26-20-24(13-15-30(26)50)21-29(37(55)45-23(2)36(43)54)47-39(57)35(42)48-38(34)56/h13-16,20,22-23,28-29,34-35,50-51H,4-12,17-19,21,41-42H2,1-3H3,(H2,43,54)(H,44,52)(H,45,55)(H,46,53)(H,47,57)(H,48,56)/t23-,28-,29-,34-,35+/m0/s1. The van der Waals surface area contributed by atoms with E-state index in [0.717, 1.165) is 37.0 Å². The van der Waals surface area contributed by atoms with Crippen LogP contribution in [-0.4, -0.2) is 101 Å². The van der Waals surface area contributed by atoms with E-state index in [9.17, 15) is 43.8 Å². The van der Waals surface area contributed by atoms with E-state index in [1.807, 2.05) is 0 Å². The number of nitrogens with two attached hydrogens (primary N) is 3. The fraction of sp³-hybridized carbons (Fsp3) is 0.525. The maximum absolute atomic E-state index is 14.3. The minimum atomic E-state index is -1.75. The zero-order valence-electron chi connectivity index (χ0n) is 33.5. The average Bonchev–Trinajstić information content (AvgIpc) is 3.17. The predicted molar refractivity (Wildman–Crippen MR) is 215 cm³/mol. The van der Waals surface area contributed by atoms with Gasteiger partial charge >= 0.3 is 0 Å². The number of carbonyl (C=O) groups excluding carboxylic acids is 7. The van der Waals surface area contributed by atoms with Crippen molar-refractivity contribution in [2.45, 2.75) is 115 Å². The number of hydrogen-bond donors (Lipinski definition) is 10. The van der Waals surface area contributed by atoms with Gasteiger partial charge in [-0.1, -0.05) is 44.7 Å². The molecule has 3 rings (SSSR count). The van der Waals surface area contributed by atoms with Gasteiger partial charge in [-0.05, 0) is 74.5 Å². The van der Waals surface area contributed by atoms with Gasteiger partial charge < -0.3 is 58.9 Å². The topological polar surface area (TPSA) is 301 Å². The Hall–Kier alpha value is -5.75. The van der Waals surface area contributed by atoms with Crippen LogP contribution in [0.25, 0.3) is 11.1 Å². The molecule has 18 nitrogen and oxygen atoms in total. The van der Waals surface area contributed by atoms with Crippen LogP contribution in [0.4, 0.5) is 0 Å². The second-order valence-electron chi connectivity index (χ2n) is 14.5. The number of likely N-dealkylation sites (N-methyl/N-ethyl adjacent to an activating group) is 1. The van der Waals surface area contributed by atoms with E-state index in [4.69, 9.17) is 17.2 Å². The molecule has 0 spiro atoms. The number of phenols is 2. The van der Waals surface area contributed by atoms with E-state index >= 15 is 0 Å². The van der Waals surface area contributed by atoms with Crippen LogP contribution in [0.1, 0.15) is 95.2 Å². The fourth-order valence-corrected chi connectivity index (χ4v) is 6.49. The highest BCUT2D eigenvalue weighted by atomic mass is 16.3. The molecular formula is C40H59N9O9. The van der Waals surface area contributed by atoms with Crippen molar-refractivity contribution in [2.24, 2.45) is 17.2 Å². The first-order valence-electron chi connectivity index (χ1n) is 19.7. The molecule has 58 heavy (non-hydrogen) atoms. The Morgan fingerprint density at radius 3 is 2.21 bits per heavy atom. The van der Waals surface area contributed by atoms with E-state index in [-0.39, 0.29) is 59.9 Å². The highest BCUT2D eigenvalue weighted by Crippen LogP contribution is 2.38. The summed E-state index contributed by atoms with van der Waals surface area (Å²) in [5, 5.41) is 34.7. The average molecular weight is 810 g/mol. The zero-order valence-corrected chi connectivity index (χ0v) is 33.5. The summed E-state index contributed by atoms with van der Waals surface area (Å²) in [5.41, 5.74) is 17.9. The van der Waals surface area contributed by atoms with Crippen molar-refractivity contribution in [3.8, 4) is 22.6 Å². The van der Waals surface area contributed by atoms with Gasteiger partial charge in [-0.2, -0.15) is 0 Å². The van der Waals surface area contributed by atoms with Crippen LogP contribution in [0, 0.1) is 0 Å². The monoisotopic (exact) mass is 809 g/mol. The van der Waals surface area contributed by atoms with Crippen molar-refractivity contribution >= 4 is 41.4 Å². The lowest BCUT2D eigenvalue weighted by Gasteiger charge is -2.32. The Labute approximate surface area is 338 Å². The second-order valence-corrected chi connectivity index (χ2v) is 14.5. The third kappa shape index (κ3) is 13.7. The molecule has 0 radical (unpaired) electrons. The molecule has 4 bridgehead atoms. The molecule has 318 valence electrons. The number of unbranched alkanes of at least 4 members (excludes halogenated alkanes) is 5. The lowest BCUT2D eigenvalue weighted by Crippen LogP contribution is -2.60. The first kappa shape index (κ1) is 46.6. The Bertz CT molecular complexity index is 1790.